The third-order valence-electron chi connectivity index (χ3n) is 6.25. The van der Waals surface area contributed by atoms with Gasteiger partial charge in [0.15, 0.2) is 0 Å². The van der Waals surface area contributed by atoms with E-state index in [1.807, 2.05) is 52.0 Å². The van der Waals surface area contributed by atoms with Gasteiger partial charge in [-0.15, -0.1) is 0 Å². The molecule has 1 aliphatic heterocycles. The van der Waals surface area contributed by atoms with Crippen molar-refractivity contribution in [2.24, 2.45) is 0 Å². The Bertz CT molecular complexity index is 1230. The molecule has 1 fully saturated rings. The Hall–Kier alpha value is -3.54. The number of anilines is 1. The highest BCUT2D eigenvalue weighted by atomic mass is 32.2. The van der Waals surface area contributed by atoms with Crippen molar-refractivity contribution < 1.29 is 29.0 Å². The van der Waals surface area contributed by atoms with Gasteiger partial charge >= 0.3 is 6.09 Å². The number of pyridine rings is 1. The highest BCUT2D eigenvalue weighted by molar-refractivity contribution is 8.01. The van der Waals surface area contributed by atoms with Gasteiger partial charge in [0.05, 0.1) is 6.10 Å². The first-order valence-electron chi connectivity index (χ1n) is 13.7. The molecule has 1 saturated heterocycles. The Kier molecular flexibility index (Phi) is 12.2. The number of carbonyl (C=O) groups is 4. The fourth-order valence-electron chi connectivity index (χ4n) is 4.71. The average Bonchev–Trinajstić information content (AvgIpc) is 3.34. The number of nitrogens with two attached hydrogens (primary N) is 1. The Balaban J connectivity index is 0.00000138. The molecule has 1 aromatic heterocycles. The van der Waals surface area contributed by atoms with E-state index in [2.05, 4.69) is 15.6 Å². The molecular formula is C29H43N5O6S. The zero-order valence-electron chi connectivity index (χ0n) is 24.9. The smallest absolute Gasteiger partial charge is 0.408 e. The van der Waals surface area contributed by atoms with Crippen LogP contribution in [0.25, 0.3) is 10.8 Å². The molecule has 2 heterocycles. The summed E-state index contributed by atoms with van der Waals surface area (Å²) >= 11 is 1.60. The van der Waals surface area contributed by atoms with Crippen LogP contribution in [0.15, 0.2) is 30.5 Å². The Morgan fingerprint density at radius 1 is 1.20 bits per heavy atom. The number of carboxylic acid groups (broad SMARTS) is 1. The highest BCUT2D eigenvalue weighted by Crippen LogP contribution is 2.34. The molecule has 5 N–H and O–H groups in total. The number of ether oxygens (including phenoxy) is 1. The van der Waals surface area contributed by atoms with E-state index in [9.17, 15) is 14.4 Å². The topological polar surface area (TPSA) is 164 Å². The summed E-state index contributed by atoms with van der Waals surface area (Å²) in [6, 6.07) is 6.20. The van der Waals surface area contributed by atoms with Crippen LogP contribution in [0.3, 0.4) is 0 Å². The third-order valence-corrected chi connectivity index (χ3v) is 7.57. The van der Waals surface area contributed by atoms with Gasteiger partial charge < -0.3 is 31.1 Å². The van der Waals surface area contributed by atoms with Crippen LogP contribution < -0.4 is 16.4 Å². The number of hydrogen-bond donors (Lipinski definition) is 4. The number of hydrogen-bond acceptors (Lipinski definition) is 8. The molecule has 0 bridgehead atoms. The molecule has 3 rings (SSSR count). The minimum Gasteiger partial charge on any atom is -0.481 e. The number of likely N-dealkylation sites (tertiary alicyclic amines) is 1. The molecule has 2 atom stereocenters. The van der Waals surface area contributed by atoms with Gasteiger partial charge in [0.1, 0.15) is 17.9 Å². The number of nitrogens with zero attached hydrogens (tertiary/aromatic N) is 2. The van der Waals surface area contributed by atoms with Crippen molar-refractivity contribution in [3.63, 3.8) is 0 Å². The van der Waals surface area contributed by atoms with Crippen LogP contribution in [0.4, 0.5) is 10.6 Å². The molecule has 41 heavy (non-hydrogen) atoms. The molecule has 0 saturated carbocycles. The molecule has 0 radical (unpaired) electrons. The lowest BCUT2D eigenvalue weighted by Gasteiger charge is -2.38. The van der Waals surface area contributed by atoms with E-state index in [4.69, 9.17) is 20.4 Å². The Morgan fingerprint density at radius 2 is 1.85 bits per heavy atom. The van der Waals surface area contributed by atoms with Crippen LogP contribution in [-0.2, 0) is 25.7 Å². The van der Waals surface area contributed by atoms with Gasteiger partial charge in [0.25, 0.3) is 5.97 Å². The fraction of sp³-hybridized carbons (Fsp3) is 0.552. The van der Waals surface area contributed by atoms with Gasteiger partial charge in [0.2, 0.25) is 11.8 Å². The zero-order chi connectivity index (χ0) is 30.9. The first kappa shape index (κ1) is 33.7. The molecule has 11 nitrogen and oxygen atoms in total. The number of fused-ring (bicyclic) bond motifs is 1. The summed E-state index contributed by atoms with van der Waals surface area (Å²) in [6.45, 7) is 13.3. The van der Waals surface area contributed by atoms with E-state index in [-0.39, 0.29) is 23.2 Å². The average molecular weight is 590 g/mol. The number of nitrogen functional groups attached to an aromatic ring is 1. The summed E-state index contributed by atoms with van der Waals surface area (Å²) in [5, 5.41) is 15.2. The molecular weight excluding hydrogens is 546 g/mol. The second-order valence-corrected chi connectivity index (χ2v) is 13.2. The van der Waals surface area contributed by atoms with E-state index >= 15 is 0 Å². The van der Waals surface area contributed by atoms with Gasteiger partial charge in [-0.05, 0) is 68.9 Å². The summed E-state index contributed by atoms with van der Waals surface area (Å²) in [4.78, 5) is 54.2. The molecule has 0 spiro atoms. The summed E-state index contributed by atoms with van der Waals surface area (Å²) in [7, 11) is 0. The van der Waals surface area contributed by atoms with Gasteiger partial charge in [-0.1, -0.05) is 26.0 Å². The number of amides is 3. The number of nitrogens with one attached hydrogen (secondary N) is 2. The largest absolute Gasteiger partial charge is 0.481 e. The van der Waals surface area contributed by atoms with Gasteiger partial charge in [0, 0.05) is 36.3 Å². The SMILES string of the molecule is CC(=O)O.CC(C)OC(=O)N[C@H](C(=O)N1CCC[C@H]1C(=O)NCc1ccc2c(N)nccc2c1)C(C)(C)SC(C)C. The molecule has 1 aromatic carbocycles. The monoisotopic (exact) mass is 589 g/mol. The maximum atomic E-state index is 13.8. The molecule has 12 heteroatoms. The quantitative estimate of drug-likeness (QED) is 0.339. The zero-order valence-corrected chi connectivity index (χ0v) is 25.7. The van der Waals surface area contributed by atoms with Gasteiger partial charge in [-0.3, -0.25) is 14.4 Å². The number of rotatable bonds is 9. The van der Waals surface area contributed by atoms with E-state index in [1.165, 1.54) is 0 Å². The van der Waals surface area contributed by atoms with E-state index in [0.717, 1.165) is 23.3 Å². The van der Waals surface area contributed by atoms with Crippen molar-refractivity contribution >= 4 is 52.2 Å². The number of alkyl carbamates (subject to hydrolysis) is 1. The molecule has 0 aliphatic carbocycles. The van der Waals surface area contributed by atoms with Crippen LogP contribution in [0.1, 0.15) is 66.9 Å². The Morgan fingerprint density at radius 3 is 2.46 bits per heavy atom. The lowest BCUT2D eigenvalue weighted by atomic mass is 10.0. The third kappa shape index (κ3) is 10.1. The Labute approximate surface area is 246 Å². The number of carbonyl (C=O) groups excluding carboxylic acids is 3. The molecule has 3 amide bonds. The molecule has 2 aromatic rings. The van der Waals surface area contributed by atoms with Gasteiger partial charge in [-0.2, -0.15) is 11.8 Å². The maximum absolute atomic E-state index is 13.8. The van der Waals surface area contributed by atoms with Gasteiger partial charge in [-0.25, -0.2) is 9.78 Å². The molecule has 1 aliphatic rings. The molecule has 0 unspecified atom stereocenters. The maximum Gasteiger partial charge on any atom is 0.408 e. The first-order chi connectivity index (χ1) is 19.1. The molecule has 226 valence electrons. The first-order valence-corrected chi connectivity index (χ1v) is 14.6. The number of benzene rings is 1. The predicted octanol–water partition coefficient (Wildman–Crippen LogP) is 3.94. The summed E-state index contributed by atoms with van der Waals surface area (Å²) in [5.74, 6) is -0.851. The van der Waals surface area contributed by atoms with Crippen LogP contribution in [0.2, 0.25) is 0 Å². The van der Waals surface area contributed by atoms with Crippen LogP contribution >= 0.6 is 11.8 Å². The highest BCUT2D eigenvalue weighted by Gasteiger charge is 2.44. The second kappa shape index (κ2) is 14.9. The van der Waals surface area contributed by atoms with E-state index in [1.54, 1.807) is 36.7 Å². The normalized spacial score (nSPS) is 15.7. The van der Waals surface area contributed by atoms with E-state index in [0.29, 0.717) is 31.7 Å². The van der Waals surface area contributed by atoms with Crippen LogP contribution in [0, 0.1) is 0 Å². The van der Waals surface area contributed by atoms with Crippen molar-refractivity contribution in [1.82, 2.24) is 20.5 Å². The van der Waals surface area contributed by atoms with Crippen LogP contribution in [-0.4, -0.2) is 73.6 Å². The fourth-order valence-corrected chi connectivity index (χ4v) is 6.22. The predicted molar refractivity (Wildman–Crippen MR) is 161 cm³/mol. The lowest BCUT2D eigenvalue weighted by molar-refractivity contribution is -0.140. The summed E-state index contributed by atoms with van der Waals surface area (Å²) < 4.78 is 4.65. The minimum absolute atomic E-state index is 0.210. The van der Waals surface area contributed by atoms with Crippen molar-refractivity contribution in [1.29, 1.82) is 0 Å². The number of thioether (sulfide) groups is 1. The van der Waals surface area contributed by atoms with Crippen molar-refractivity contribution in [2.45, 2.75) is 96.0 Å². The van der Waals surface area contributed by atoms with Crippen molar-refractivity contribution in [3.05, 3.63) is 36.0 Å². The number of aromatic nitrogens is 1. The summed E-state index contributed by atoms with van der Waals surface area (Å²) in [6.07, 6.45) is 1.98. The van der Waals surface area contributed by atoms with Crippen molar-refractivity contribution in [2.75, 3.05) is 12.3 Å². The lowest BCUT2D eigenvalue weighted by Crippen LogP contribution is -2.60. The minimum atomic E-state index is -0.848. The van der Waals surface area contributed by atoms with Crippen LogP contribution in [0.5, 0.6) is 0 Å². The van der Waals surface area contributed by atoms with Crippen molar-refractivity contribution in [3.8, 4) is 0 Å². The van der Waals surface area contributed by atoms with E-state index < -0.39 is 28.9 Å². The number of aliphatic carboxylic acids is 1. The summed E-state index contributed by atoms with van der Waals surface area (Å²) in [5.41, 5.74) is 6.86. The second-order valence-electron chi connectivity index (χ2n) is 11.0. The number of carboxylic acids is 1. The standard InChI is InChI=1S/C27H39N5O4S.C2H4O2/c1-16(2)36-26(35)31-22(27(5,6)37-17(3)4)25(34)32-13-7-8-21(32)24(33)30-15-18-9-10-20-19(14-18)11-12-29-23(20)28;1-2(3)4/h9-12,14,16-17,21-22H,7-8,13,15H2,1-6H3,(H2,28,29)(H,30,33)(H,31,35);1H3,(H,3,4)/t21-,22+;/m0./s1.